The molecule has 0 N–H and O–H groups in total. The van der Waals surface area contributed by atoms with Crippen LogP contribution in [0.15, 0.2) is 182 Å². The van der Waals surface area contributed by atoms with Crippen LogP contribution in [0.1, 0.15) is 22.3 Å². The summed E-state index contributed by atoms with van der Waals surface area (Å²) in [6.45, 7) is 0. The molecular formula is C49H30N2O. The van der Waals surface area contributed by atoms with Gasteiger partial charge in [-0.3, -0.25) is 0 Å². The van der Waals surface area contributed by atoms with Crippen molar-refractivity contribution >= 4 is 43.6 Å². The SMILES string of the molecule is c1ccc(-n2c3ccccc3c3cc(-n4c5ccccc5c5c6c(ccc54)C4(c5ccccc5O6)c5ccccc5-c5ccccc54)ccc32)cc1. The lowest BCUT2D eigenvalue weighted by Gasteiger charge is -2.39. The zero-order chi connectivity index (χ0) is 34.0. The first-order chi connectivity index (χ1) is 25.8. The molecule has 3 nitrogen and oxygen atoms in total. The van der Waals surface area contributed by atoms with Crippen LogP contribution in [0.4, 0.5) is 0 Å². The Kier molecular flexibility index (Phi) is 5.43. The highest BCUT2D eigenvalue weighted by Gasteiger charge is 2.51. The van der Waals surface area contributed by atoms with E-state index >= 15 is 0 Å². The summed E-state index contributed by atoms with van der Waals surface area (Å²) in [5.41, 5.74) is 14.0. The van der Waals surface area contributed by atoms with E-state index in [9.17, 15) is 0 Å². The van der Waals surface area contributed by atoms with Gasteiger partial charge in [-0.15, -0.1) is 0 Å². The van der Waals surface area contributed by atoms with E-state index in [1.807, 2.05) is 0 Å². The number of aromatic nitrogens is 2. The predicted octanol–water partition coefficient (Wildman–Crippen LogP) is 12.3. The van der Waals surface area contributed by atoms with E-state index in [4.69, 9.17) is 4.74 Å². The standard InChI is InChI=1S/C49H30N2O/c1-2-14-31(15-3-1)50-42-23-11-6-18-35(42)37-30-32(26-28-44(37)50)51-43-24-12-7-19-36(43)47-45(51)29-27-41-48(47)52-46-25-13-10-22-40(46)49(41)38-20-8-4-16-33(38)34-17-5-9-21-39(34)49/h1-30H. The van der Waals surface area contributed by atoms with Crippen molar-refractivity contribution in [3.05, 3.63) is 204 Å². The van der Waals surface area contributed by atoms with Crippen molar-refractivity contribution in [1.82, 2.24) is 9.13 Å². The van der Waals surface area contributed by atoms with Gasteiger partial charge >= 0.3 is 0 Å². The Morgan fingerprint density at radius 1 is 0.365 bits per heavy atom. The number of rotatable bonds is 2. The molecule has 2 aliphatic rings. The minimum Gasteiger partial charge on any atom is -0.456 e. The van der Waals surface area contributed by atoms with E-state index in [1.54, 1.807) is 0 Å². The normalized spacial score (nSPS) is 13.7. The lowest BCUT2D eigenvalue weighted by molar-refractivity contribution is 0.442. The van der Waals surface area contributed by atoms with Crippen LogP contribution in [0.3, 0.4) is 0 Å². The molecule has 2 aromatic heterocycles. The molecule has 0 radical (unpaired) electrons. The molecule has 0 bridgehead atoms. The minimum atomic E-state index is -0.507. The van der Waals surface area contributed by atoms with E-state index in [-0.39, 0.29) is 0 Å². The molecule has 242 valence electrons. The van der Waals surface area contributed by atoms with E-state index in [2.05, 4.69) is 191 Å². The zero-order valence-corrected chi connectivity index (χ0v) is 28.1. The third-order valence-electron chi connectivity index (χ3n) is 11.6. The average Bonchev–Trinajstić information content (AvgIpc) is 3.83. The Morgan fingerprint density at radius 3 is 1.69 bits per heavy atom. The first kappa shape index (κ1) is 27.9. The maximum atomic E-state index is 7.13. The van der Waals surface area contributed by atoms with Crippen LogP contribution < -0.4 is 4.74 Å². The summed E-state index contributed by atoms with van der Waals surface area (Å²) < 4.78 is 11.9. The van der Waals surface area contributed by atoms with Crippen LogP contribution in [0.25, 0.3) is 66.1 Å². The fraction of sp³-hybridized carbons (Fsp3) is 0.0204. The van der Waals surface area contributed by atoms with Gasteiger partial charge in [-0.2, -0.15) is 0 Å². The highest BCUT2D eigenvalue weighted by Crippen LogP contribution is 2.63. The van der Waals surface area contributed by atoms with E-state index < -0.39 is 5.41 Å². The second kappa shape index (κ2) is 10.1. The molecule has 0 amide bonds. The fourth-order valence-corrected chi connectivity index (χ4v) is 9.60. The quantitative estimate of drug-likeness (QED) is 0.180. The molecule has 10 aromatic rings. The molecule has 0 fully saturated rings. The average molecular weight is 663 g/mol. The molecule has 1 spiro atoms. The highest BCUT2D eigenvalue weighted by atomic mass is 16.5. The maximum absolute atomic E-state index is 7.13. The van der Waals surface area contributed by atoms with Crippen molar-refractivity contribution in [3.8, 4) is 34.0 Å². The second-order valence-electron chi connectivity index (χ2n) is 14.0. The number of fused-ring (bicyclic) bond motifs is 16. The van der Waals surface area contributed by atoms with Gasteiger partial charge in [0.05, 0.1) is 32.9 Å². The number of benzene rings is 8. The Morgan fingerprint density at radius 2 is 0.923 bits per heavy atom. The highest BCUT2D eigenvalue weighted by molar-refractivity contribution is 6.15. The van der Waals surface area contributed by atoms with Gasteiger partial charge in [-0.1, -0.05) is 127 Å². The van der Waals surface area contributed by atoms with Crippen molar-refractivity contribution in [1.29, 1.82) is 0 Å². The fourth-order valence-electron chi connectivity index (χ4n) is 9.60. The molecule has 3 heterocycles. The van der Waals surface area contributed by atoms with Crippen LogP contribution in [0.5, 0.6) is 11.5 Å². The summed E-state index contributed by atoms with van der Waals surface area (Å²) in [6, 6.07) is 66.2. The lowest BCUT2D eigenvalue weighted by atomic mass is 9.66. The number of hydrogen-bond acceptors (Lipinski definition) is 1. The van der Waals surface area contributed by atoms with Gasteiger partial charge in [0.25, 0.3) is 0 Å². The van der Waals surface area contributed by atoms with Crippen LogP contribution in [-0.2, 0) is 5.41 Å². The first-order valence-electron chi connectivity index (χ1n) is 17.9. The van der Waals surface area contributed by atoms with Gasteiger partial charge in [0, 0.05) is 38.7 Å². The van der Waals surface area contributed by atoms with E-state index in [0.29, 0.717) is 0 Å². The summed E-state index contributed by atoms with van der Waals surface area (Å²) in [7, 11) is 0. The lowest BCUT2D eigenvalue weighted by Crippen LogP contribution is -2.32. The topological polar surface area (TPSA) is 19.1 Å². The molecule has 0 atom stereocenters. The van der Waals surface area contributed by atoms with Gasteiger partial charge in [-0.05, 0) is 76.9 Å². The number of hydrogen-bond donors (Lipinski definition) is 0. The largest absolute Gasteiger partial charge is 0.456 e. The zero-order valence-electron chi connectivity index (χ0n) is 28.1. The van der Waals surface area contributed by atoms with Crippen molar-refractivity contribution in [2.45, 2.75) is 5.41 Å². The van der Waals surface area contributed by atoms with Gasteiger partial charge in [0.1, 0.15) is 11.5 Å². The molecule has 0 unspecified atom stereocenters. The predicted molar refractivity (Wildman–Crippen MR) is 212 cm³/mol. The number of nitrogens with zero attached hydrogens (tertiary/aromatic N) is 2. The monoisotopic (exact) mass is 662 g/mol. The Balaban J connectivity index is 1.18. The number of ether oxygens (including phenoxy) is 1. The maximum Gasteiger partial charge on any atom is 0.142 e. The van der Waals surface area contributed by atoms with Crippen molar-refractivity contribution < 1.29 is 4.74 Å². The third-order valence-corrected chi connectivity index (χ3v) is 11.6. The molecule has 52 heavy (non-hydrogen) atoms. The molecule has 1 aliphatic carbocycles. The second-order valence-corrected chi connectivity index (χ2v) is 14.0. The van der Waals surface area contributed by atoms with Crippen molar-refractivity contribution in [3.63, 3.8) is 0 Å². The summed E-state index contributed by atoms with van der Waals surface area (Å²) in [5.74, 6) is 1.83. The van der Waals surface area contributed by atoms with Crippen molar-refractivity contribution in [2.75, 3.05) is 0 Å². The van der Waals surface area contributed by atoms with Crippen LogP contribution in [0.2, 0.25) is 0 Å². The molecule has 3 heteroatoms. The molecule has 8 aromatic carbocycles. The Bertz CT molecular complexity index is 3060. The first-order valence-corrected chi connectivity index (χ1v) is 17.9. The molecular weight excluding hydrogens is 633 g/mol. The minimum absolute atomic E-state index is 0.507. The van der Waals surface area contributed by atoms with E-state index in [1.165, 1.54) is 60.6 Å². The van der Waals surface area contributed by atoms with Gasteiger partial charge in [0.2, 0.25) is 0 Å². The van der Waals surface area contributed by atoms with Crippen LogP contribution >= 0.6 is 0 Å². The summed E-state index contributed by atoms with van der Waals surface area (Å²) in [6.07, 6.45) is 0. The van der Waals surface area contributed by atoms with Crippen LogP contribution in [0, 0.1) is 0 Å². The summed E-state index contributed by atoms with van der Waals surface area (Å²) in [5, 5.41) is 4.77. The summed E-state index contributed by atoms with van der Waals surface area (Å²) in [4.78, 5) is 0. The third kappa shape index (κ3) is 3.40. The number of para-hydroxylation sites is 4. The Hall–Kier alpha value is -6.84. The molecule has 1 aliphatic heterocycles. The van der Waals surface area contributed by atoms with Gasteiger partial charge in [-0.25, -0.2) is 0 Å². The van der Waals surface area contributed by atoms with Crippen LogP contribution in [-0.4, -0.2) is 9.13 Å². The smallest absolute Gasteiger partial charge is 0.142 e. The van der Waals surface area contributed by atoms with Gasteiger partial charge in [0.15, 0.2) is 0 Å². The summed E-state index contributed by atoms with van der Waals surface area (Å²) >= 11 is 0. The molecule has 0 saturated carbocycles. The van der Waals surface area contributed by atoms with Crippen molar-refractivity contribution in [2.24, 2.45) is 0 Å². The molecule has 0 saturated heterocycles. The Labute approximate surface area is 300 Å². The van der Waals surface area contributed by atoms with Gasteiger partial charge < -0.3 is 13.9 Å². The van der Waals surface area contributed by atoms with E-state index in [0.717, 1.165) is 39.3 Å². The molecule has 12 rings (SSSR count).